The van der Waals surface area contributed by atoms with Gasteiger partial charge in [0, 0.05) is 111 Å². The maximum atomic E-state index is 12.9. The molecule has 9 N–H and O–H groups in total. The molecule has 2 aliphatic carbocycles. The van der Waals surface area contributed by atoms with Gasteiger partial charge in [0.15, 0.2) is 11.6 Å². The molecule has 3 heterocycles. The van der Waals surface area contributed by atoms with Crippen molar-refractivity contribution in [2.24, 2.45) is 23.3 Å². The van der Waals surface area contributed by atoms with E-state index in [-0.39, 0.29) is 102 Å². The summed E-state index contributed by atoms with van der Waals surface area (Å²) in [4.78, 5) is 114. The Morgan fingerprint density at radius 1 is 0.633 bits per heavy atom. The van der Waals surface area contributed by atoms with Gasteiger partial charge in [0.1, 0.15) is 24.3 Å². The van der Waals surface area contributed by atoms with Crippen LogP contribution in [-0.4, -0.2) is 144 Å². The number of hydrogen-bond acceptors (Lipinski definition) is 18. The van der Waals surface area contributed by atoms with Crippen molar-refractivity contribution in [1.82, 2.24) is 20.9 Å². The fraction of sp³-hybridized carbons (Fsp3) is 0.478. The van der Waals surface area contributed by atoms with Crippen molar-refractivity contribution in [3.05, 3.63) is 157 Å². The van der Waals surface area contributed by atoms with Gasteiger partial charge >= 0.3 is 11.9 Å². The zero-order valence-corrected chi connectivity index (χ0v) is 59.3. The smallest absolute Gasteiger partial charge is 0.328 e. The molecule has 5 rings (SSSR count). The Bertz CT molecular complexity index is 2780. The van der Waals surface area contributed by atoms with Crippen LogP contribution in [0.25, 0.3) is 0 Å². The number of nitrogens with one attached hydrogen (secondary N) is 3. The number of carbonyl (C=O) groups excluding carboxylic acids is 9. The van der Waals surface area contributed by atoms with Crippen LogP contribution in [0, 0.1) is 25.9 Å². The van der Waals surface area contributed by atoms with Crippen LogP contribution in [0.2, 0.25) is 0 Å². The van der Waals surface area contributed by atoms with Gasteiger partial charge in [0.2, 0.25) is 29.3 Å². The Balaban J connectivity index is 0.00000152. The molecule has 10 atom stereocenters. The molecule has 10 unspecified atom stereocenters. The summed E-state index contributed by atoms with van der Waals surface area (Å²) in [7, 11) is 9.51. The van der Waals surface area contributed by atoms with Crippen LogP contribution in [0.15, 0.2) is 143 Å². The SMILES string of the molecule is COC1/C=C/C=C/C=C/CC(OC(=O)C(C)N)C(C)C(O)/C(C)=C\CCC2=CC(=O)C=C(NC(=O)C1)C2=O.COC1/C=C/C=C/C=C/CC(OC(=O)C(C)NC(C)=O)C(C)C(O)/C(C)=C\CCC2=CC(=O)C=C(NC(=O)C1)C2=O.[CH2-]N.[CH2-]N1CCCCC1.[W].[W]. The van der Waals surface area contributed by atoms with Gasteiger partial charge in [-0.25, -0.2) is 4.79 Å². The Morgan fingerprint density at radius 2 is 1.02 bits per heavy atom. The Hall–Kier alpha value is -5.99. The molecule has 496 valence electrons. The van der Waals surface area contributed by atoms with Gasteiger partial charge in [-0.05, 0) is 103 Å². The van der Waals surface area contributed by atoms with Gasteiger partial charge in [0.25, 0.3) is 0 Å². The monoisotopic (exact) mass is 1590 g/mol. The van der Waals surface area contributed by atoms with Crippen LogP contribution >= 0.6 is 0 Å². The molecule has 0 aromatic heterocycles. The first-order valence-corrected chi connectivity index (χ1v) is 29.6. The van der Waals surface area contributed by atoms with Crippen molar-refractivity contribution in [2.75, 3.05) is 27.3 Å². The second-order valence-corrected chi connectivity index (χ2v) is 21.8. The molecule has 90 heavy (non-hydrogen) atoms. The van der Waals surface area contributed by atoms with Gasteiger partial charge in [-0.1, -0.05) is 105 Å². The summed E-state index contributed by atoms with van der Waals surface area (Å²) in [5, 5.41) is 29.6. The number of hydrogen-bond donors (Lipinski definition) is 7. The summed E-state index contributed by atoms with van der Waals surface area (Å²) in [6.45, 7) is 13.8. The fourth-order valence-corrected chi connectivity index (χ4v) is 9.28. The van der Waals surface area contributed by atoms with E-state index in [4.69, 9.17) is 24.7 Å². The standard InChI is InChI=1S/C31H40N2O8.C29H38N2O7.C6H12N.CH4N.2W/c1-19-12-11-13-23-16-24(35)17-26(30(23)38)33-28(36)18-25(40-5)14-9-7-6-8-10-15-27(20(2)29(19)37)41-31(39)21(3)32-22(4)34;1-18-11-10-12-21-15-22(32)16-24(28(21)35)31-26(33)17-23(37-4)13-8-6-5-7-9-14-25(19(2)27(18)34)38-29(36)20(3)30;1-7-5-3-2-4-6-7;1-2;;/h6-10,12,14,16-17,20-21,25,27,29,37H,11,13,15,18H2,1-5H3,(H,32,34)(H,33,36);5-9,11,13,15-16,19-20,23,25,27,34H,10,12,14,17,30H2,1-4H3,(H,31,33);1-6H2;1-2H2;;/q;;2*-1;;/b7-6+,10-8+,14-9+,19-12-;6-5+,9-7+,13-8+,18-11-;;;;. The number of nitrogens with two attached hydrogens (primary N) is 2. The van der Waals surface area contributed by atoms with E-state index in [9.17, 15) is 53.4 Å². The number of ketones is 4. The minimum Gasteiger partial charge on any atom is -0.486 e. The van der Waals surface area contributed by atoms with Crippen molar-refractivity contribution in [2.45, 2.75) is 168 Å². The molecule has 0 saturated carbocycles. The van der Waals surface area contributed by atoms with Crippen LogP contribution in [0.1, 0.15) is 119 Å². The number of aliphatic hydroxyl groups is 2. The summed E-state index contributed by atoms with van der Waals surface area (Å²) in [5.41, 5.74) is 11.5. The third-order valence-corrected chi connectivity index (χ3v) is 14.5. The van der Waals surface area contributed by atoms with E-state index in [1.807, 2.05) is 6.08 Å². The maximum absolute atomic E-state index is 12.9. The molecule has 0 radical (unpaired) electrons. The molecular weight excluding hydrogens is 1500 g/mol. The van der Waals surface area contributed by atoms with Crippen LogP contribution in [0.4, 0.5) is 0 Å². The van der Waals surface area contributed by atoms with Crippen molar-refractivity contribution in [3.8, 4) is 0 Å². The van der Waals surface area contributed by atoms with Crippen molar-refractivity contribution in [3.63, 3.8) is 0 Å². The molecule has 5 aliphatic rings. The molecule has 3 aliphatic heterocycles. The van der Waals surface area contributed by atoms with E-state index in [0.717, 1.165) is 12.2 Å². The second-order valence-electron chi connectivity index (χ2n) is 21.8. The largest absolute Gasteiger partial charge is 0.486 e. The van der Waals surface area contributed by atoms with E-state index in [2.05, 4.69) is 40.7 Å². The van der Waals surface area contributed by atoms with Gasteiger partial charge in [0.05, 0.1) is 48.7 Å². The number of amides is 3. The topological polar surface area (TPSA) is 322 Å². The number of ether oxygens (including phenoxy) is 4. The predicted octanol–water partition coefficient (Wildman–Crippen LogP) is 6.22. The number of carbonyl (C=O) groups is 9. The summed E-state index contributed by atoms with van der Waals surface area (Å²) in [6.07, 6.45) is 30.9. The first-order valence-electron chi connectivity index (χ1n) is 29.6. The molecule has 23 heteroatoms. The Kier molecular flexibility index (Phi) is 43.1. The molecule has 1 fully saturated rings. The van der Waals surface area contributed by atoms with Crippen LogP contribution in [0.5, 0.6) is 0 Å². The summed E-state index contributed by atoms with van der Waals surface area (Å²) >= 11 is 0. The van der Waals surface area contributed by atoms with E-state index in [1.54, 1.807) is 107 Å². The number of nitrogens with zero attached hydrogens (tertiary/aromatic N) is 1. The molecule has 0 spiro atoms. The zero-order chi connectivity index (χ0) is 65.9. The first-order chi connectivity index (χ1) is 41.8. The number of fused-ring (bicyclic) bond motifs is 4. The summed E-state index contributed by atoms with van der Waals surface area (Å²) < 4.78 is 22.0. The number of piperidine rings is 1. The van der Waals surface area contributed by atoms with Crippen LogP contribution in [-0.2, 0) is 104 Å². The number of rotatable bonds is 7. The van der Waals surface area contributed by atoms with Gasteiger partial charge in [-0.2, -0.15) is 0 Å². The Morgan fingerprint density at radius 3 is 1.38 bits per heavy atom. The second kappa shape index (κ2) is 46.1. The quantitative estimate of drug-likeness (QED) is 0.0643. The molecule has 1 saturated heterocycles. The predicted molar refractivity (Wildman–Crippen MR) is 337 cm³/mol. The summed E-state index contributed by atoms with van der Waals surface area (Å²) in [5.74, 6) is -5.06. The van der Waals surface area contributed by atoms with E-state index in [0.29, 0.717) is 36.8 Å². The van der Waals surface area contributed by atoms with Crippen molar-refractivity contribution < 1.29 is 114 Å². The number of esters is 2. The Labute approximate surface area is 560 Å². The molecular formula is C67H94N6O15W2-2. The van der Waals surface area contributed by atoms with Crippen LogP contribution in [0.3, 0.4) is 0 Å². The first kappa shape index (κ1) is 84.0. The summed E-state index contributed by atoms with van der Waals surface area (Å²) in [6, 6.07) is -1.65. The minimum atomic E-state index is -0.969. The number of aliphatic hydroxyl groups excluding tert-OH is 2. The molecule has 3 amide bonds. The van der Waals surface area contributed by atoms with Gasteiger partial charge < -0.3 is 61.5 Å². The molecule has 0 aromatic rings. The molecule has 0 aromatic carbocycles. The third kappa shape index (κ3) is 31.8. The van der Waals surface area contributed by atoms with Crippen molar-refractivity contribution in [1.29, 1.82) is 0 Å². The number of likely N-dealkylation sites (tertiary alicyclic amines) is 1. The molecule has 21 nitrogen and oxygen atoms in total. The number of Topliss-reactive ketones (excluding diaryl/α,β-unsaturated/α-hetero) is 2. The molecule has 4 bridgehead atoms. The average molecular weight is 1590 g/mol. The fourth-order valence-electron chi connectivity index (χ4n) is 9.28. The van der Waals surface area contributed by atoms with Gasteiger partial charge in [-0.15, -0.1) is 0 Å². The van der Waals surface area contributed by atoms with Crippen molar-refractivity contribution >= 4 is 52.8 Å². The third-order valence-electron chi connectivity index (χ3n) is 14.5. The normalized spacial score (nSPS) is 28.3. The van der Waals surface area contributed by atoms with E-state index >= 15 is 0 Å². The zero-order valence-electron chi connectivity index (χ0n) is 53.4. The average Bonchev–Trinajstić information content (AvgIpc) is 2.73. The van der Waals surface area contributed by atoms with Gasteiger partial charge in [-0.3, -0.25) is 52.5 Å². The minimum absolute atomic E-state index is 0. The van der Waals surface area contributed by atoms with Crippen LogP contribution < -0.4 is 27.4 Å². The number of methoxy groups -OCH3 is 2. The number of allylic oxidation sites excluding steroid dienone is 16. The maximum Gasteiger partial charge on any atom is 0.328 e. The van der Waals surface area contributed by atoms with E-state index in [1.165, 1.54) is 79.5 Å². The van der Waals surface area contributed by atoms with E-state index < -0.39 is 102 Å².